The number of pyridine rings is 3. The Hall–Kier alpha value is -4.15. The van der Waals surface area contributed by atoms with Gasteiger partial charge in [-0.25, -0.2) is 9.78 Å². The molecule has 0 saturated heterocycles. The van der Waals surface area contributed by atoms with Crippen LogP contribution in [-0.2, 0) is 26.2 Å². The molecule has 11 heteroatoms. The standard InChI is InChI=1S/C23H18F3N5O3/c1-30-18-7-9-31(22(33)34)11-15(18)13-3-5-17(29-20(13)30)19-14(6-8-27-21(19)32)16-4-2-12(10-28-16)23(24,25)26/h2-6,8,10H,7,9,11H2,1H3,(H,27,32)(H,33,34). The summed E-state index contributed by atoms with van der Waals surface area (Å²) in [5.41, 5.74) is 2.17. The fraction of sp³-hybridized carbons (Fsp3) is 0.217. The molecule has 0 atom stereocenters. The molecule has 34 heavy (non-hydrogen) atoms. The average Bonchev–Trinajstić information content (AvgIpc) is 3.09. The number of aryl methyl sites for hydroxylation is 1. The van der Waals surface area contributed by atoms with Gasteiger partial charge < -0.3 is 19.6 Å². The summed E-state index contributed by atoms with van der Waals surface area (Å²) in [6.45, 7) is 0.622. The van der Waals surface area contributed by atoms with E-state index in [0.29, 0.717) is 29.9 Å². The van der Waals surface area contributed by atoms with E-state index in [1.54, 1.807) is 18.2 Å². The Morgan fingerprint density at radius 1 is 1.15 bits per heavy atom. The van der Waals surface area contributed by atoms with Crippen LogP contribution in [0.5, 0.6) is 0 Å². The molecule has 0 fully saturated rings. The highest BCUT2D eigenvalue weighted by Crippen LogP contribution is 2.34. The highest BCUT2D eigenvalue weighted by molar-refractivity contribution is 5.87. The summed E-state index contributed by atoms with van der Waals surface area (Å²) in [5.74, 6) is 0. The zero-order chi connectivity index (χ0) is 24.2. The molecule has 0 unspecified atom stereocenters. The van der Waals surface area contributed by atoms with Crippen LogP contribution in [0.25, 0.3) is 33.5 Å². The fourth-order valence-corrected chi connectivity index (χ4v) is 4.40. The lowest BCUT2D eigenvalue weighted by molar-refractivity contribution is -0.137. The Balaban J connectivity index is 1.63. The molecular weight excluding hydrogens is 451 g/mol. The lowest BCUT2D eigenvalue weighted by Crippen LogP contribution is -2.34. The Labute approximate surface area is 190 Å². The first kappa shape index (κ1) is 21.7. The van der Waals surface area contributed by atoms with Gasteiger partial charge in [-0.2, -0.15) is 13.2 Å². The van der Waals surface area contributed by atoms with Crippen LogP contribution in [0.1, 0.15) is 16.8 Å². The fourth-order valence-electron chi connectivity index (χ4n) is 4.40. The zero-order valence-corrected chi connectivity index (χ0v) is 17.8. The van der Waals surface area contributed by atoms with E-state index in [0.717, 1.165) is 28.9 Å². The van der Waals surface area contributed by atoms with E-state index >= 15 is 0 Å². The van der Waals surface area contributed by atoms with Crippen LogP contribution in [-0.4, -0.2) is 42.2 Å². The Morgan fingerprint density at radius 3 is 2.59 bits per heavy atom. The van der Waals surface area contributed by atoms with Crippen LogP contribution in [0.15, 0.2) is 47.5 Å². The van der Waals surface area contributed by atoms with Crippen LogP contribution in [0, 0.1) is 0 Å². The number of alkyl halides is 3. The van der Waals surface area contributed by atoms with Gasteiger partial charge in [-0.1, -0.05) is 0 Å². The van der Waals surface area contributed by atoms with E-state index in [1.807, 2.05) is 11.6 Å². The minimum Gasteiger partial charge on any atom is -0.465 e. The van der Waals surface area contributed by atoms with Crippen molar-refractivity contribution in [1.82, 2.24) is 24.4 Å². The number of carboxylic acid groups (broad SMARTS) is 1. The predicted octanol–water partition coefficient (Wildman–Crippen LogP) is 4.05. The van der Waals surface area contributed by atoms with Crippen LogP contribution in [0.2, 0.25) is 0 Å². The Morgan fingerprint density at radius 2 is 1.91 bits per heavy atom. The van der Waals surface area contributed by atoms with E-state index in [4.69, 9.17) is 4.98 Å². The van der Waals surface area contributed by atoms with Gasteiger partial charge in [0.05, 0.1) is 29.1 Å². The molecule has 0 aromatic carbocycles. The number of nitrogens with zero attached hydrogens (tertiary/aromatic N) is 4. The van der Waals surface area contributed by atoms with Gasteiger partial charge in [0.25, 0.3) is 5.56 Å². The lowest BCUT2D eigenvalue weighted by Gasteiger charge is -2.25. The minimum atomic E-state index is -4.52. The van der Waals surface area contributed by atoms with Crippen molar-refractivity contribution in [3.63, 3.8) is 0 Å². The van der Waals surface area contributed by atoms with E-state index in [2.05, 4.69) is 9.97 Å². The molecule has 0 radical (unpaired) electrons. The van der Waals surface area contributed by atoms with Gasteiger partial charge in [0.2, 0.25) is 0 Å². The average molecular weight is 469 g/mol. The number of fused-ring (bicyclic) bond motifs is 3. The summed E-state index contributed by atoms with van der Waals surface area (Å²) in [4.78, 5) is 36.8. The maximum absolute atomic E-state index is 12.9. The molecule has 0 spiro atoms. The zero-order valence-electron chi connectivity index (χ0n) is 17.8. The second-order valence-electron chi connectivity index (χ2n) is 8.03. The summed E-state index contributed by atoms with van der Waals surface area (Å²) in [5, 5.41) is 10.1. The highest BCUT2D eigenvalue weighted by atomic mass is 19.4. The van der Waals surface area contributed by atoms with Crippen LogP contribution in [0.3, 0.4) is 0 Å². The SMILES string of the molecule is Cn1c2c(c3ccc(-c4c(-c5ccc(C(F)(F)F)cn5)cc[nH]c4=O)nc31)CN(C(=O)O)CC2. The van der Waals surface area contributed by atoms with Crippen molar-refractivity contribution in [3.05, 3.63) is 69.9 Å². The summed E-state index contributed by atoms with van der Waals surface area (Å²) >= 11 is 0. The van der Waals surface area contributed by atoms with E-state index in [9.17, 15) is 27.9 Å². The summed E-state index contributed by atoms with van der Waals surface area (Å²) in [6.07, 6.45) is -2.83. The second-order valence-corrected chi connectivity index (χ2v) is 8.03. The topological polar surface area (TPSA) is 104 Å². The smallest absolute Gasteiger partial charge is 0.417 e. The maximum Gasteiger partial charge on any atom is 0.417 e. The monoisotopic (exact) mass is 469 g/mol. The Kier molecular flexibility index (Phi) is 4.92. The number of aromatic nitrogens is 4. The number of halogens is 3. The molecular formula is C23H18F3N5O3. The normalized spacial score (nSPS) is 13.8. The van der Waals surface area contributed by atoms with Crippen LogP contribution in [0.4, 0.5) is 18.0 Å². The molecule has 4 aromatic rings. The van der Waals surface area contributed by atoms with Crippen molar-refractivity contribution in [2.45, 2.75) is 19.1 Å². The molecule has 1 aliphatic heterocycles. The van der Waals surface area contributed by atoms with E-state index in [1.165, 1.54) is 17.2 Å². The highest BCUT2D eigenvalue weighted by Gasteiger charge is 2.31. The number of rotatable bonds is 2. The first-order valence-corrected chi connectivity index (χ1v) is 10.4. The molecule has 5 rings (SSSR count). The number of H-pyrrole nitrogens is 1. The molecule has 1 amide bonds. The van der Waals surface area contributed by atoms with Crippen LogP contribution >= 0.6 is 0 Å². The first-order valence-electron chi connectivity index (χ1n) is 10.4. The number of hydrogen-bond donors (Lipinski definition) is 2. The van der Waals surface area contributed by atoms with Crippen molar-refractivity contribution in [1.29, 1.82) is 0 Å². The summed E-state index contributed by atoms with van der Waals surface area (Å²) < 4.78 is 40.7. The second kappa shape index (κ2) is 7.72. The third-order valence-corrected chi connectivity index (χ3v) is 6.09. The predicted molar refractivity (Wildman–Crippen MR) is 117 cm³/mol. The molecule has 2 N–H and O–H groups in total. The summed E-state index contributed by atoms with van der Waals surface area (Å²) in [6, 6.07) is 7.16. The molecule has 174 valence electrons. The van der Waals surface area contributed by atoms with Gasteiger partial charge in [0.15, 0.2) is 0 Å². The molecule has 5 heterocycles. The summed E-state index contributed by atoms with van der Waals surface area (Å²) in [7, 11) is 1.84. The van der Waals surface area contributed by atoms with Crippen LogP contribution < -0.4 is 5.56 Å². The lowest BCUT2D eigenvalue weighted by atomic mass is 10.0. The molecule has 4 aromatic heterocycles. The third kappa shape index (κ3) is 3.49. The molecule has 0 saturated carbocycles. The largest absolute Gasteiger partial charge is 0.465 e. The first-order chi connectivity index (χ1) is 16.1. The van der Waals surface area contributed by atoms with Gasteiger partial charge in [0.1, 0.15) is 5.65 Å². The van der Waals surface area contributed by atoms with Crippen molar-refractivity contribution in [3.8, 4) is 22.5 Å². The third-order valence-electron chi connectivity index (χ3n) is 6.09. The van der Waals surface area contributed by atoms with Gasteiger partial charge in [-0.3, -0.25) is 9.78 Å². The number of hydrogen-bond acceptors (Lipinski definition) is 4. The maximum atomic E-state index is 12.9. The van der Waals surface area contributed by atoms with Gasteiger partial charge in [0, 0.05) is 54.6 Å². The van der Waals surface area contributed by atoms with Gasteiger partial charge in [-0.05, 0) is 30.3 Å². The van der Waals surface area contributed by atoms with Crippen molar-refractivity contribution >= 4 is 17.1 Å². The molecule has 1 aliphatic rings. The number of carbonyl (C=O) groups is 1. The molecule has 0 bridgehead atoms. The van der Waals surface area contributed by atoms with Crippen molar-refractivity contribution in [2.24, 2.45) is 7.05 Å². The Bertz CT molecular complexity index is 1490. The van der Waals surface area contributed by atoms with Crippen molar-refractivity contribution in [2.75, 3.05) is 6.54 Å². The number of amides is 1. The van der Waals surface area contributed by atoms with Gasteiger partial charge >= 0.3 is 12.3 Å². The number of aromatic amines is 1. The molecule has 8 nitrogen and oxygen atoms in total. The minimum absolute atomic E-state index is 0.183. The van der Waals surface area contributed by atoms with E-state index < -0.39 is 23.4 Å². The van der Waals surface area contributed by atoms with Crippen molar-refractivity contribution < 1.29 is 23.1 Å². The number of nitrogens with one attached hydrogen (secondary N) is 1. The van der Waals surface area contributed by atoms with E-state index in [-0.39, 0.29) is 17.8 Å². The van der Waals surface area contributed by atoms with Gasteiger partial charge in [-0.15, -0.1) is 0 Å². The molecule has 0 aliphatic carbocycles. The quantitative estimate of drug-likeness (QED) is 0.461.